The fraction of sp³-hybridized carbons (Fsp3) is 0.133. The minimum absolute atomic E-state index is 0.111. The molecule has 2 nitrogen and oxygen atoms in total. The van der Waals surface area contributed by atoms with Crippen LogP contribution in [0.4, 0.5) is 5.69 Å². The average Bonchev–Trinajstić information content (AvgIpc) is 2.36. The van der Waals surface area contributed by atoms with E-state index in [4.69, 9.17) is 0 Å². The van der Waals surface area contributed by atoms with E-state index in [0.29, 0.717) is 5.56 Å². The van der Waals surface area contributed by atoms with Crippen LogP contribution in [0.1, 0.15) is 21.5 Å². The molecule has 2 aromatic carbocycles. The standard InChI is InChI=1S/C15H13Br2NO/c1-9-3-6-14(13(17)7-9)18-15(19)11-4-5-12(16)10(2)8-11/h3-8H,1-2H3,(H,18,19). The van der Waals surface area contributed by atoms with Crippen molar-refractivity contribution in [3.63, 3.8) is 0 Å². The molecule has 0 saturated heterocycles. The van der Waals surface area contributed by atoms with Crippen LogP contribution in [0.3, 0.4) is 0 Å². The summed E-state index contributed by atoms with van der Waals surface area (Å²) in [7, 11) is 0. The van der Waals surface area contributed by atoms with Crippen molar-refractivity contribution in [3.05, 3.63) is 62.0 Å². The van der Waals surface area contributed by atoms with Crippen molar-refractivity contribution in [1.29, 1.82) is 0 Å². The van der Waals surface area contributed by atoms with E-state index in [2.05, 4.69) is 37.2 Å². The van der Waals surface area contributed by atoms with Crippen molar-refractivity contribution in [3.8, 4) is 0 Å². The summed E-state index contributed by atoms with van der Waals surface area (Å²) in [4.78, 5) is 12.2. The molecule has 0 bridgehead atoms. The molecule has 0 unspecified atom stereocenters. The summed E-state index contributed by atoms with van der Waals surface area (Å²) in [5.74, 6) is -0.111. The van der Waals surface area contributed by atoms with E-state index in [1.165, 1.54) is 0 Å². The van der Waals surface area contributed by atoms with E-state index in [0.717, 1.165) is 25.8 Å². The summed E-state index contributed by atoms with van der Waals surface area (Å²) in [6.07, 6.45) is 0. The van der Waals surface area contributed by atoms with Gasteiger partial charge in [0, 0.05) is 14.5 Å². The molecule has 98 valence electrons. The van der Waals surface area contributed by atoms with Gasteiger partial charge in [-0.05, 0) is 71.2 Å². The number of benzene rings is 2. The third-order valence-corrected chi connectivity index (χ3v) is 4.34. The summed E-state index contributed by atoms with van der Waals surface area (Å²) in [5.41, 5.74) is 3.60. The van der Waals surface area contributed by atoms with Crippen molar-refractivity contribution in [2.75, 3.05) is 5.32 Å². The lowest BCUT2D eigenvalue weighted by Crippen LogP contribution is -2.12. The summed E-state index contributed by atoms with van der Waals surface area (Å²) in [6.45, 7) is 3.97. The van der Waals surface area contributed by atoms with Gasteiger partial charge in [-0.1, -0.05) is 22.0 Å². The smallest absolute Gasteiger partial charge is 0.255 e. The third kappa shape index (κ3) is 3.45. The fourth-order valence-corrected chi connectivity index (χ4v) is 2.54. The molecule has 0 atom stereocenters. The molecule has 0 aliphatic rings. The molecule has 0 fully saturated rings. The van der Waals surface area contributed by atoms with E-state index >= 15 is 0 Å². The van der Waals surface area contributed by atoms with Gasteiger partial charge in [0.1, 0.15) is 0 Å². The van der Waals surface area contributed by atoms with Gasteiger partial charge in [0.15, 0.2) is 0 Å². The van der Waals surface area contributed by atoms with Crippen LogP contribution in [0, 0.1) is 13.8 Å². The highest BCUT2D eigenvalue weighted by Gasteiger charge is 2.09. The first-order valence-electron chi connectivity index (χ1n) is 5.81. The molecular formula is C15H13Br2NO. The number of carbonyl (C=O) groups excluding carboxylic acids is 1. The van der Waals surface area contributed by atoms with Crippen LogP contribution >= 0.6 is 31.9 Å². The van der Waals surface area contributed by atoms with Gasteiger partial charge < -0.3 is 5.32 Å². The Morgan fingerprint density at radius 1 is 1.00 bits per heavy atom. The lowest BCUT2D eigenvalue weighted by Gasteiger charge is -2.09. The number of hydrogen-bond donors (Lipinski definition) is 1. The number of aryl methyl sites for hydroxylation is 2. The lowest BCUT2D eigenvalue weighted by atomic mass is 10.1. The average molecular weight is 383 g/mol. The topological polar surface area (TPSA) is 29.1 Å². The van der Waals surface area contributed by atoms with E-state index in [-0.39, 0.29) is 5.91 Å². The van der Waals surface area contributed by atoms with Gasteiger partial charge in [-0.2, -0.15) is 0 Å². The van der Waals surface area contributed by atoms with Gasteiger partial charge in [0.2, 0.25) is 0 Å². The lowest BCUT2D eigenvalue weighted by molar-refractivity contribution is 0.102. The van der Waals surface area contributed by atoms with Crippen LogP contribution in [0.5, 0.6) is 0 Å². The Kier molecular flexibility index (Phi) is 4.42. The molecule has 0 aliphatic heterocycles. The van der Waals surface area contributed by atoms with Gasteiger partial charge in [0.25, 0.3) is 5.91 Å². The zero-order valence-electron chi connectivity index (χ0n) is 10.6. The number of amides is 1. The summed E-state index contributed by atoms with van der Waals surface area (Å²) in [6, 6.07) is 11.4. The molecule has 4 heteroatoms. The second-order valence-electron chi connectivity index (χ2n) is 4.40. The van der Waals surface area contributed by atoms with Crippen molar-refractivity contribution in [2.24, 2.45) is 0 Å². The van der Waals surface area contributed by atoms with Gasteiger partial charge >= 0.3 is 0 Å². The van der Waals surface area contributed by atoms with E-state index in [9.17, 15) is 4.79 Å². The fourth-order valence-electron chi connectivity index (χ4n) is 1.70. The van der Waals surface area contributed by atoms with Gasteiger partial charge in [0.05, 0.1) is 5.69 Å². The number of hydrogen-bond acceptors (Lipinski definition) is 1. The monoisotopic (exact) mass is 381 g/mol. The molecule has 0 aromatic heterocycles. The van der Waals surface area contributed by atoms with Gasteiger partial charge in [-0.3, -0.25) is 4.79 Å². The molecule has 0 spiro atoms. The highest BCUT2D eigenvalue weighted by Crippen LogP contribution is 2.24. The van der Waals surface area contributed by atoms with Crippen molar-refractivity contribution in [1.82, 2.24) is 0 Å². The summed E-state index contributed by atoms with van der Waals surface area (Å²) < 4.78 is 1.88. The van der Waals surface area contributed by atoms with Crippen LogP contribution in [0.25, 0.3) is 0 Å². The second-order valence-corrected chi connectivity index (χ2v) is 6.11. The van der Waals surface area contributed by atoms with E-state index in [1.807, 2.05) is 44.2 Å². The van der Waals surface area contributed by atoms with Crippen LogP contribution < -0.4 is 5.32 Å². The molecule has 2 rings (SSSR count). The Hall–Kier alpha value is -1.13. The maximum atomic E-state index is 12.2. The maximum absolute atomic E-state index is 12.2. The number of rotatable bonds is 2. The number of nitrogens with one attached hydrogen (secondary N) is 1. The minimum Gasteiger partial charge on any atom is -0.321 e. The van der Waals surface area contributed by atoms with Crippen LogP contribution in [-0.4, -0.2) is 5.91 Å². The normalized spacial score (nSPS) is 10.3. The SMILES string of the molecule is Cc1ccc(NC(=O)c2ccc(Br)c(C)c2)c(Br)c1. The van der Waals surface area contributed by atoms with Gasteiger partial charge in [-0.25, -0.2) is 0 Å². The summed E-state index contributed by atoms with van der Waals surface area (Å²) in [5, 5.41) is 2.90. The van der Waals surface area contributed by atoms with Crippen molar-refractivity contribution >= 4 is 43.5 Å². The molecule has 0 heterocycles. The highest BCUT2D eigenvalue weighted by atomic mass is 79.9. The maximum Gasteiger partial charge on any atom is 0.255 e. The number of halogens is 2. The molecule has 19 heavy (non-hydrogen) atoms. The molecular weight excluding hydrogens is 370 g/mol. The summed E-state index contributed by atoms with van der Waals surface area (Å²) >= 11 is 6.88. The zero-order chi connectivity index (χ0) is 14.0. The Morgan fingerprint density at radius 3 is 2.37 bits per heavy atom. The number of carbonyl (C=O) groups is 1. The van der Waals surface area contributed by atoms with E-state index in [1.54, 1.807) is 6.07 Å². The first kappa shape index (κ1) is 14.3. The molecule has 1 N–H and O–H groups in total. The van der Waals surface area contributed by atoms with E-state index < -0.39 is 0 Å². The predicted molar refractivity (Wildman–Crippen MR) is 85.7 cm³/mol. The Morgan fingerprint density at radius 2 is 1.74 bits per heavy atom. The molecule has 2 aromatic rings. The molecule has 0 aliphatic carbocycles. The second kappa shape index (κ2) is 5.88. The highest BCUT2D eigenvalue weighted by molar-refractivity contribution is 9.10. The van der Waals surface area contributed by atoms with Gasteiger partial charge in [-0.15, -0.1) is 0 Å². The first-order chi connectivity index (χ1) is 8.97. The predicted octanol–water partition coefficient (Wildman–Crippen LogP) is 5.08. The zero-order valence-corrected chi connectivity index (χ0v) is 13.8. The molecule has 0 radical (unpaired) electrons. The van der Waals surface area contributed by atoms with Crippen LogP contribution in [-0.2, 0) is 0 Å². The van der Waals surface area contributed by atoms with Crippen LogP contribution in [0.2, 0.25) is 0 Å². The Labute approximate surface area is 129 Å². The van der Waals surface area contributed by atoms with Crippen molar-refractivity contribution < 1.29 is 4.79 Å². The quantitative estimate of drug-likeness (QED) is 0.770. The van der Waals surface area contributed by atoms with Crippen molar-refractivity contribution in [2.45, 2.75) is 13.8 Å². The number of anilines is 1. The van der Waals surface area contributed by atoms with Crippen LogP contribution in [0.15, 0.2) is 45.3 Å². The minimum atomic E-state index is -0.111. The largest absolute Gasteiger partial charge is 0.321 e. The molecule has 0 saturated carbocycles. The first-order valence-corrected chi connectivity index (χ1v) is 7.39. The Bertz CT molecular complexity index is 638. The Balaban J connectivity index is 2.23. The third-order valence-electron chi connectivity index (χ3n) is 2.79. The molecule has 1 amide bonds.